The average molecular weight is 323 g/mol. The van der Waals surface area contributed by atoms with E-state index in [2.05, 4.69) is 15.5 Å². The number of amides is 1. The van der Waals surface area contributed by atoms with Crippen molar-refractivity contribution in [3.05, 3.63) is 11.6 Å². The molecule has 130 valence electrons. The van der Waals surface area contributed by atoms with Gasteiger partial charge in [0.25, 0.3) is 0 Å². The minimum Gasteiger partial charge on any atom is -0.388 e. The molecule has 1 heterocycles. The van der Waals surface area contributed by atoms with Gasteiger partial charge in [-0.25, -0.2) is 0 Å². The van der Waals surface area contributed by atoms with Gasteiger partial charge in [-0.1, -0.05) is 25.7 Å². The monoisotopic (exact) mass is 323 g/mol. The van der Waals surface area contributed by atoms with E-state index in [4.69, 9.17) is 0 Å². The van der Waals surface area contributed by atoms with Gasteiger partial charge in [-0.15, -0.1) is 10.2 Å². The molecule has 0 aliphatic heterocycles. The normalized spacial score (nSPS) is 18.0. The Hall–Kier alpha value is -1.47. The second kappa shape index (κ2) is 7.88. The van der Waals surface area contributed by atoms with E-state index in [0.717, 1.165) is 37.3 Å². The molecule has 1 saturated carbocycles. The van der Waals surface area contributed by atoms with Crippen LogP contribution >= 0.6 is 0 Å². The number of likely N-dealkylation sites (N-methyl/N-ethyl adjacent to an activating group) is 1. The number of aromatic nitrogens is 3. The third kappa shape index (κ3) is 5.28. The summed E-state index contributed by atoms with van der Waals surface area (Å²) in [5.74, 6) is 1.62. The van der Waals surface area contributed by atoms with Crippen LogP contribution < -0.4 is 5.32 Å². The summed E-state index contributed by atoms with van der Waals surface area (Å²) in [5.41, 5.74) is -0.731. The predicted molar refractivity (Wildman–Crippen MR) is 87.7 cm³/mol. The van der Waals surface area contributed by atoms with Gasteiger partial charge in [-0.05, 0) is 26.8 Å². The molecule has 1 amide bonds. The molecule has 0 radical (unpaired) electrons. The van der Waals surface area contributed by atoms with Crippen LogP contribution in [0, 0.1) is 6.92 Å². The van der Waals surface area contributed by atoms with Crippen LogP contribution in [0.4, 0.5) is 0 Å². The molecule has 7 nitrogen and oxygen atoms in total. The van der Waals surface area contributed by atoms with E-state index < -0.39 is 5.60 Å². The lowest BCUT2D eigenvalue weighted by molar-refractivity contribution is -0.123. The first-order valence-electron chi connectivity index (χ1n) is 8.42. The van der Waals surface area contributed by atoms with Crippen LogP contribution in [-0.2, 0) is 18.4 Å². The molecule has 1 fully saturated rings. The molecule has 2 rings (SSSR count). The minimum absolute atomic E-state index is 0.0657. The molecule has 0 spiro atoms. The lowest BCUT2D eigenvalue weighted by Gasteiger charge is -2.27. The van der Waals surface area contributed by atoms with Gasteiger partial charge < -0.3 is 15.0 Å². The molecule has 1 aromatic heterocycles. The van der Waals surface area contributed by atoms with Gasteiger partial charge in [0.2, 0.25) is 5.91 Å². The van der Waals surface area contributed by atoms with Crippen LogP contribution in [0.15, 0.2) is 0 Å². The number of carbonyl (C=O) groups is 1. The lowest BCUT2D eigenvalue weighted by atomic mass is 9.94. The standard InChI is InChI=1S/C16H29N5O2/c1-13-18-19-14(21(13)3)10-20(2)11-15(22)17-12-16(23)8-6-4-5-7-9-16/h23H,4-12H2,1-3H3,(H,17,22). The second-order valence-corrected chi connectivity index (χ2v) is 6.81. The Morgan fingerprint density at radius 1 is 1.30 bits per heavy atom. The summed E-state index contributed by atoms with van der Waals surface area (Å²) in [6.07, 6.45) is 5.99. The Kier molecular flexibility index (Phi) is 6.12. The maximum Gasteiger partial charge on any atom is 0.234 e. The Balaban J connectivity index is 1.76. The second-order valence-electron chi connectivity index (χ2n) is 6.81. The summed E-state index contributed by atoms with van der Waals surface area (Å²) in [5, 5.41) is 21.6. The summed E-state index contributed by atoms with van der Waals surface area (Å²) in [6.45, 7) is 3.09. The molecule has 2 N–H and O–H groups in total. The van der Waals surface area contributed by atoms with Crippen LogP contribution in [0.3, 0.4) is 0 Å². The smallest absolute Gasteiger partial charge is 0.234 e. The average Bonchev–Trinajstić information content (AvgIpc) is 2.70. The molecular formula is C16H29N5O2. The Morgan fingerprint density at radius 3 is 2.52 bits per heavy atom. The first kappa shape index (κ1) is 17.9. The summed E-state index contributed by atoms with van der Waals surface area (Å²) in [6, 6.07) is 0. The van der Waals surface area contributed by atoms with Gasteiger partial charge in [0.15, 0.2) is 0 Å². The van der Waals surface area contributed by atoms with Gasteiger partial charge in [0.1, 0.15) is 11.6 Å². The zero-order valence-corrected chi connectivity index (χ0v) is 14.5. The van der Waals surface area contributed by atoms with Crippen molar-refractivity contribution < 1.29 is 9.90 Å². The summed E-state index contributed by atoms with van der Waals surface area (Å²) < 4.78 is 1.92. The highest BCUT2D eigenvalue weighted by molar-refractivity contribution is 5.78. The highest BCUT2D eigenvalue weighted by Gasteiger charge is 2.28. The molecule has 1 aliphatic carbocycles. The molecule has 0 aromatic carbocycles. The van der Waals surface area contributed by atoms with Crippen molar-refractivity contribution in [2.24, 2.45) is 7.05 Å². The third-order valence-corrected chi connectivity index (χ3v) is 4.66. The van der Waals surface area contributed by atoms with Crippen LogP contribution in [0.2, 0.25) is 0 Å². The van der Waals surface area contributed by atoms with E-state index in [9.17, 15) is 9.90 Å². The van der Waals surface area contributed by atoms with Crippen molar-refractivity contribution >= 4 is 5.91 Å². The van der Waals surface area contributed by atoms with E-state index >= 15 is 0 Å². The van der Waals surface area contributed by atoms with Gasteiger partial charge in [0.05, 0.1) is 18.7 Å². The largest absolute Gasteiger partial charge is 0.388 e. The number of rotatable bonds is 6. The topological polar surface area (TPSA) is 83.3 Å². The molecule has 0 unspecified atom stereocenters. The van der Waals surface area contributed by atoms with Crippen molar-refractivity contribution in [2.45, 2.75) is 57.6 Å². The molecule has 1 aromatic rings. The third-order valence-electron chi connectivity index (χ3n) is 4.66. The fourth-order valence-electron chi connectivity index (χ4n) is 3.01. The number of hydrogen-bond acceptors (Lipinski definition) is 5. The Morgan fingerprint density at radius 2 is 1.96 bits per heavy atom. The van der Waals surface area contributed by atoms with Crippen LogP contribution in [0.25, 0.3) is 0 Å². The molecule has 1 aliphatic rings. The number of carbonyl (C=O) groups excluding carboxylic acids is 1. The molecule has 0 bridgehead atoms. The molecule has 23 heavy (non-hydrogen) atoms. The van der Waals surface area contributed by atoms with Crippen molar-refractivity contribution in [3.8, 4) is 0 Å². The van der Waals surface area contributed by atoms with Gasteiger partial charge in [0, 0.05) is 13.6 Å². The highest BCUT2D eigenvalue weighted by Crippen LogP contribution is 2.26. The number of hydrogen-bond donors (Lipinski definition) is 2. The van der Waals surface area contributed by atoms with E-state index in [1.54, 1.807) is 0 Å². The fourth-order valence-corrected chi connectivity index (χ4v) is 3.01. The first-order valence-corrected chi connectivity index (χ1v) is 8.42. The zero-order chi connectivity index (χ0) is 16.9. The van der Waals surface area contributed by atoms with Gasteiger partial charge in [-0.2, -0.15) is 0 Å². The lowest BCUT2D eigenvalue weighted by Crippen LogP contribution is -2.45. The summed E-state index contributed by atoms with van der Waals surface area (Å²) in [4.78, 5) is 14.0. The molecule has 7 heteroatoms. The van der Waals surface area contributed by atoms with Crippen LogP contribution in [-0.4, -0.2) is 56.4 Å². The van der Waals surface area contributed by atoms with E-state index in [1.165, 1.54) is 12.8 Å². The predicted octanol–water partition coefficient (Wildman–Crippen LogP) is 0.757. The fraction of sp³-hybridized carbons (Fsp3) is 0.812. The SMILES string of the molecule is Cc1nnc(CN(C)CC(=O)NCC2(O)CCCCCC2)n1C. The Bertz CT molecular complexity index is 521. The molecule has 0 atom stereocenters. The highest BCUT2D eigenvalue weighted by atomic mass is 16.3. The van der Waals surface area contributed by atoms with Crippen LogP contribution in [0.5, 0.6) is 0 Å². The summed E-state index contributed by atoms with van der Waals surface area (Å²) >= 11 is 0. The van der Waals surface area contributed by atoms with E-state index in [0.29, 0.717) is 13.1 Å². The van der Waals surface area contributed by atoms with Gasteiger partial charge >= 0.3 is 0 Å². The molecular weight excluding hydrogens is 294 g/mol. The zero-order valence-electron chi connectivity index (χ0n) is 14.5. The van der Waals surface area contributed by atoms with Crippen molar-refractivity contribution in [1.29, 1.82) is 0 Å². The van der Waals surface area contributed by atoms with Crippen LogP contribution in [0.1, 0.15) is 50.2 Å². The maximum atomic E-state index is 12.1. The quantitative estimate of drug-likeness (QED) is 0.755. The van der Waals surface area contributed by atoms with Crippen molar-refractivity contribution in [2.75, 3.05) is 20.1 Å². The molecule has 0 saturated heterocycles. The summed E-state index contributed by atoms with van der Waals surface area (Å²) in [7, 11) is 3.80. The van der Waals surface area contributed by atoms with Crippen molar-refractivity contribution in [3.63, 3.8) is 0 Å². The maximum absolute atomic E-state index is 12.1. The number of nitrogens with one attached hydrogen (secondary N) is 1. The van der Waals surface area contributed by atoms with E-state index in [-0.39, 0.29) is 12.5 Å². The minimum atomic E-state index is -0.731. The van der Waals surface area contributed by atoms with Gasteiger partial charge in [-0.3, -0.25) is 9.69 Å². The Labute approximate surface area is 138 Å². The number of aryl methyl sites for hydroxylation is 1. The van der Waals surface area contributed by atoms with E-state index in [1.807, 2.05) is 30.5 Å². The number of nitrogens with zero attached hydrogens (tertiary/aromatic N) is 4. The van der Waals surface area contributed by atoms with Crippen molar-refractivity contribution in [1.82, 2.24) is 25.0 Å². The first-order chi connectivity index (χ1) is 10.9. The number of aliphatic hydroxyl groups is 1.